The van der Waals surface area contributed by atoms with Crippen molar-refractivity contribution in [2.75, 3.05) is 56.6 Å². The van der Waals surface area contributed by atoms with Gasteiger partial charge in [-0.3, -0.25) is 14.5 Å². The number of hydrogen-bond acceptors (Lipinski definition) is 11. The van der Waals surface area contributed by atoms with Crippen molar-refractivity contribution in [2.45, 2.75) is 25.8 Å². The molecule has 1 atom stereocenters. The van der Waals surface area contributed by atoms with Crippen LogP contribution in [0.3, 0.4) is 0 Å². The number of carbonyl (C=O) groups is 2. The number of nitriles is 1. The number of rotatable bonds is 9. The van der Waals surface area contributed by atoms with Gasteiger partial charge in [0.05, 0.1) is 18.2 Å². The number of carbonyl (C=O) groups excluding carboxylic acids is 1. The number of nitrogens with zero attached hydrogens (tertiary/aromatic N) is 9. The predicted octanol–water partition coefficient (Wildman–Crippen LogP) is 3.31. The van der Waals surface area contributed by atoms with Gasteiger partial charge in [-0.15, -0.1) is 5.10 Å². The number of fused-ring (bicyclic) bond motifs is 1. The van der Waals surface area contributed by atoms with E-state index in [1.807, 2.05) is 35.3 Å². The number of benzene rings is 1. The molecule has 2 aliphatic rings. The van der Waals surface area contributed by atoms with Crippen molar-refractivity contribution in [2.24, 2.45) is 5.92 Å². The normalized spacial score (nSPS) is 17.1. The Balaban J connectivity index is 1.19. The van der Waals surface area contributed by atoms with E-state index >= 15 is 0 Å². The van der Waals surface area contributed by atoms with Gasteiger partial charge in [-0.2, -0.15) is 9.78 Å². The molecule has 0 unspecified atom stereocenters. The fourth-order valence-electron chi connectivity index (χ4n) is 5.45. The average Bonchev–Trinajstić information content (AvgIpc) is 3.74. The quantitative estimate of drug-likeness (QED) is 0.296. The monoisotopic (exact) mass is 623 g/mol. The summed E-state index contributed by atoms with van der Waals surface area (Å²) in [6, 6.07) is 8.33. The van der Waals surface area contributed by atoms with Gasteiger partial charge in [0.15, 0.2) is 10.9 Å². The molecular weight excluding hydrogens is 594 g/mol. The summed E-state index contributed by atoms with van der Waals surface area (Å²) in [5.74, 6) is -0.938. The van der Waals surface area contributed by atoms with E-state index in [0.29, 0.717) is 34.2 Å². The molecule has 0 aliphatic carbocycles. The zero-order valence-electron chi connectivity index (χ0n) is 23.9. The highest BCUT2D eigenvalue weighted by atomic mass is 32.1. The van der Waals surface area contributed by atoms with Crippen LogP contribution in [0, 0.1) is 23.1 Å². The summed E-state index contributed by atoms with van der Waals surface area (Å²) in [5, 5.41) is 25.2. The minimum absolute atomic E-state index is 0.0460. The Labute approximate surface area is 255 Å². The fraction of sp³-hybridized carbons (Fsp3) is 0.429. The molecule has 15 heteroatoms. The Bertz CT molecular complexity index is 1720. The van der Waals surface area contributed by atoms with Crippen molar-refractivity contribution < 1.29 is 19.1 Å². The van der Waals surface area contributed by atoms with Gasteiger partial charge in [0, 0.05) is 44.8 Å². The number of aliphatic carboxylic acids is 1. The van der Waals surface area contributed by atoms with Crippen LogP contribution in [0.1, 0.15) is 23.9 Å². The maximum absolute atomic E-state index is 13.5. The van der Waals surface area contributed by atoms with Gasteiger partial charge in [-0.25, -0.2) is 14.4 Å². The summed E-state index contributed by atoms with van der Waals surface area (Å²) in [6.45, 7) is 4.33. The summed E-state index contributed by atoms with van der Waals surface area (Å²) in [6.07, 6.45) is 1.56. The number of carboxylic acids is 1. The fourth-order valence-corrected chi connectivity index (χ4v) is 7.25. The lowest BCUT2D eigenvalue weighted by atomic mass is 10.0. The van der Waals surface area contributed by atoms with Crippen molar-refractivity contribution in [1.29, 1.82) is 5.26 Å². The molecule has 2 aliphatic heterocycles. The first-order valence-electron chi connectivity index (χ1n) is 13.9. The summed E-state index contributed by atoms with van der Waals surface area (Å²) in [7, 11) is 3.81. The van der Waals surface area contributed by atoms with Crippen LogP contribution >= 0.6 is 22.7 Å². The van der Waals surface area contributed by atoms with Gasteiger partial charge in [-0.05, 0) is 44.2 Å². The van der Waals surface area contributed by atoms with Crippen molar-refractivity contribution in [1.82, 2.24) is 29.4 Å². The van der Waals surface area contributed by atoms with Crippen LogP contribution in [0.25, 0.3) is 16.2 Å². The second-order valence-electron chi connectivity index (χ2n) is 10.8. The van der Waals surface area contributed by atoms with Crippen LogP contribution in [0.5, 0.6) is 0 Å². The summed E-state index contributed by atoms with van der Waals surface area (Å²) in [4.78, 5) is 42.2. The Morgan fingerprint density at radius 1 is 1.16 bits per heavy atom. The zero-order valence-corrected chi connectivity index (χ0v) is 25.5. The van der Waals surface area contributed by atoms with Crippen molar-refractivity contribution in [3.05, 3.63) is 40.7 Å². The molecule has 1 aromatic carbocycles. The molecule has 5 heterocycles. The number of aromatic nitrogens is 4. The Kier molecular flexibility index (Phi) is 7.75. The topological polar surface area (TPSA) is 134 Å². The van der Waals surface area contributed by atoms with Gasteiger partial charge >= 0.3 is 5.97 Å². The van der Waals surface area contributed by atoms with Gasteiger partial charge < -0.3 is 19.8 Å². The van der Waals surface area contributed by atoms with E-state index in [0.717, 1.165) is 34.6 Å². The lowest BCUT2D eigenvalue weighted by Gasteiger charge is -2.38. The van der Waals surface area contributed by atoms with Crippen LogP contribution in [0.4, 0.5) is 20.5 Å². The number of hydrogen-bond donors (Lipinski definition) is 1. The molecule has 0 bridgehead atoms. The second-order valence-corrected chi connectivity index (χ2v) is 12.7. The SMILES string of the molecule is CCc1nc2sc(N3CC[C@@H](N(C)CC(=O)N4CC(C(=O)O)C4)C3)nn2c1N(C)c1nc(-c2ccc(F)cc2)c(C#N)s1. The number of imidazole rings is 1. The molecule has 224 valence electrons. The van der Waals surface area contributed by atoms with Gasteiger partial charge in [0.1, 0.15) is 22.5 Å². The number of anilines is 3. The van der Waals surface area contributed by atoms with E-state index in [-0.39, 0.29) is 37.4 Å². The number of amides is 1. The smallest absolute Gasteiger partial charge is 0.310 e. The van der Waals surface area contributed by atoms with Gasteiger partial charge in [-0.1, -0.05) is 29.6 Å². The molecule has 1 amide bonds. The summed E-state index contributed by atoms with van der Waals surface area (Å²) < 4.78 is 15.3. The van der Waals surface area contributed by atoms with Crippen molar-refractivity contribution >= 4 is 55.6 Å². The number of halogens is 1. The molecule has 2 fully saturated rings. The van der Waals surface area contributed by atoms with Crippen LogP contribution in [-0.4, -0.2) is 99.2 Å². The Hall–Kier alpha value is -4.13. The van der Waals surface area contributed by atoms with E-state index in [9.17, 15) is 19.2 Å². The van der Waals surface area contributed by atoms with E-state index in [1.54, 1.807) is 17.0 Å². The molecule has 1 N–H and O–H groups in total. The summed E-state index contributed by atoms with van der Waals surface area (Å²) in [5.41, 5.74) is 2.04. The Morgan fingerprint density at radius 2 is 1.91 bits per heavy atom. The maximum Gasteiger partial charge on any atom is 0.310 e. The minimum Gasteiger partial charge on any atom is -0.481 e. The van der Waals surface area contributed by atoms with Crippen LogP contribution < -0.4 is 9.80 Å². The van der Waals surface area contributed by atoms with Crippen molar-refractivity contribution in [3.63, 3.8) is 0 Å². The molecule has 0 radical (unpaired) electrons. The molecular formula is C28H30FN9O3S2. The third-order valence-corrected chi connectivity index (χ3v) is 10.0. The first-order valence-corrected chi connectivity index (χ1v) is 15.5. The Morgan fingerprint density at radius 3 is 2.58 bits per heavy atom. The molecule has 2 saturated heterocycles. The highest BCUT2D eigenvalue weighted by Gasteiger charge is 2.37. The van der Waals surface area contributed by atoms with Crippen LogP contribution in [0.2, 0.25) is 0 Å². The van der Waals surface area contributed by atoms with Gasteiger partial charge in [0.25, 0.3) is 0 Å². The molecule has 3 aromatic heterocycles. The molecule has 6 rings (SSSR count). The summed E-state index contributed by atoms with van der Waals surface area (Å²) >= 11 is 2.76. The highest BCUT2D eigenvalue weighted by molar-refractivity contribution is 7.20. The largest absolute Gasteiger partial charge is 0.481 e. The van der Waals surface area contributed by atoms with Gasteiger partial charge in [0.2, 0.25) is 16.0 Å². The maximum atomic E-state index is 13.5. The van der Waals surface area contributed by atoms with E-state index in [1.165, 1.54) is 34.8 Å². The number of likely N-dealkylation sites (N-methyl/N-ethyl adjacent to an activating group) is 1. The number of likely N-dealkylation sites (tertiary alicyclic amines) is 1. The van der Waals surface area contributed by atoms with E-state index in [2.05, 4.69) is 11.0 Å². The number of carboxylic acid groups (broad SMARTS) is 1. The highest BCUT2D eigenvalue weighted by Crippen LogP contribution is 2.38. The second kappa shape index (κ2) is 11.5. The van der Waals surface area contributed by atoms with E-state index < -0.39 is 11.9 Å². The third kappa shape index (κ3) is 5.41. The lowest BCUT2D eigenvalue weighted by molar-refractivity contribution is -0.153. The third-order valence-electron chi connectivity index (χ3n) is 8.04. The molecule has 0 spiro atoms. The molecule has 4 aromatic rings. The first kappa shape index (κ1) is 29.0. The standard InChI is InChI=1S/C28H30FN9O3S2/c1-4-20-24(35(3)26-32-23(21(11-30)42-26)16-5-7-18(29)8-6-16)38-27(31-20)43-28(33-38)36-10-9-19(14-36)34(2)15-22(39)37-12-17(13-37)25(40)41/h5-8,17,19H,4,9-10,12-15H2,1-3H3,(H,40,41)/t19-/m1/s1. The first-order chi connectivity index (χ1) is 20.7. The number of thiazole rings is 1. The van der Waals surface area contributed by atoms with Crippen LogP contribution in [0.15, 0.2) is 24.3 Å². The predicted molar refractivity (Wildman–Crippen MR) is 161 cm³/mol. The zero-order chi connectivity index (χ0) is 30.4. The lowest BCUT2D eigenvalue weighted by Crippen LogP contribution is -2.55. The van der Waals surface area contributed by atoms with E-state index in [4.69, 9.17) is 20.2 Å². The average molecular weight is 624 g/mol. The minimum atomic E-state index is -0.854. The molecule has 43 heavy (non-hydrogen) atoms. The molecule has 0 saturated carbocycles. The van der Waals surface area contributed by atoms with Crippen LogP contribution in [-0.2, 0) is 16.0 Å². The van der Waals surface area contributed by atoms with Crippen molar-refractivity contribution in [3.8, 4) is 17.3 Å². The number of aryl methyl sites for hydroxylation is 1. The molecule has 12 nitrogen and oxygen atoms in total.